The molecule has 0 radical (unpaired) electrons. The molecule has 4 nitrogen and oxygen atoms in total. The van der Waals surface area contributed by atoms with E-state index in [-0.39, 0.29) is 5.97 Å². The van der Waals surface area contributed by atoms with Crippen LogP contribution in [0.5, 0.6) is 0 Å². The Labute approximate surface area is 113 Å². The standard InChI is InChI=1S/C15H18N2O2/c1-4-19-15(18)14-13(11(2)10-17(14)16-3)12-8-6-5-7-9-12/h5-10,16H,4H2,1-3H3. The van der Waals surface area contributed by atoms with Gasteiger partial charge in [0.2, 0.25) is 0 Å². The van der Waals surface area contributed by atoms with Crippen molar-refractivity contribution < 1.29 is 9.53 Å². The van der Waals surface area contributed by atoms with E-state index >= 15 is 0 Å². The normalized spacial score (nSPS) is 10.3. The van der Waals surface area contributed by atoms with E-state index in [0.717, 1.165) is 16.7 Å². The third-order valence-electron chi connectivity index (χ3n) is 2.97. The second kappa shape index (κ2) is 5.61. The van der Waals surface area contributed by atoms with Gasteiger partial charge in [-0.2, -0.15) is 0 Å². The summed E-state index contributed by atoms with van der Waals surface area (Å²) in [7, 11) is 1.77. The molecule has 100 valence electrons. The lowest BCUT2D eigenvalue weighted by Crippen LogP contribution is -2.18. The Morgan fingerprint density at radius 3 is 2.58 bits per heavy atom. The summed E-state index contributed by atoms with van der Waals surface area (Å²) in [5, 5.41) is 0. The van der Waals surface area contributed by atoms with Crippen molar-refractivity contribution in [2.24, 2.45) is 0 Å². The van der Waals surface area contributed by atoms with Crippen LogP contribution in [-0.4, -0.2) is 24.3 Å². The molecule has 0 saturated heterocycles. The number of nitrogens with zero attached hydrogens (tertiary/aromatic N) is 1. The third-order valence-corrected chi connectivity index (χ3v) is 2.97. The summed E-state index contributed by atoms with van der Waals surface area (Å²) in [5.41, 5.74) is 6.47. The van der Waals surface area contributed by atoms with Gasteiger partial charge in [0.1, 0.15) is 0 Å². The van der Waals surface area contributed by atoms with Gasteiger partial charge in [-0.1, -0.05) is 30.3 Å². The largest absolute Gasteiger partial charge is 0.461 e. The van der Waals surface area contributed by atoms with Gasteiger partial charge >= 0.3 is 5.97 Å². The van der Waals surface area contributed by atoms with Crippen molar-refractivity contribution in [3.05, 3.63) is 47.8 Å². The highest BCUT2D eigenvalue weighted by molar-refractivity contribution is 5.97. The Hall–Kier alpha value is -2.23. The molecule has 0 bridgehead atoms. The summed E-state index contributed by atoms with van der Waals surface area (Å²) in [6.45, 7) is 4.15. The van der Waals surface area contributed by atoms with Crippen LogP contribution in [0.3, 0.4) is 0 Å². The molecule has 1 aromatic heterocycles. The van der Waals surface area contributed by atoms with E-state index in [1.807, 2.05) is 43.5 Å². The molecule has 0 unspecified atom stereocenters. The van der Waals surface area contributed by atoms with Crippen LogP contribution in [0.15, 0.2) is 36.5 Å². The maximum absolute atomic E-state index is 12.1. The first-order chi connectivity index (χ1) is 9.19. The molecule has 0 amide bonds. The van der Waals surface area contributed by atoms with Crippen molar-refractivity contribution >= 4 is 5.97 Å². The van der Waals surface area contributed by atoms with Crippen molar-refractivity contribution in [2.75, 3.05) is 19.1 Å². The topological polar surface area (TPSA) is 43.3 Å². The average molecular weight is 258 g/mol. The molecule has 0 saturated carbocycles. The Morgan fingerprint density at radius 2 is 2.00 bits per heavy atom. The summed E-state index contributed by atoms with van der Waals surface area (Å²) in [6.07, 6.45) is 1.90. The fraction of sp³-hybridized carbons (Fsp3) is 0.267. The van der Waals surface area contributed by atoms with Crippen molar-refractivity contribution in [1.29, 1.82) is 0 Å². The molecule has 2 rings (SSSR count). The predicted octanol–water partition coefficient (Wildman–Crippen LogP) is 2.81. The van der Waals surface area contributed by atoms with E-state index in [1.54, 1.807) is 18.6 Å². The highest BCUT2D eigenvalue weighted by Gasteiger charge is 2.21. The maximum Gasteiger partial charge on any atom is 0.357 e. The molecule has 0 aliphatic carbocycles. The smallest absolute Gasteiger partial charge is 0.357 e. The summed E-state index contributed by atoms with van der Waals surface area (Å²) in [5.74, 6) is -0.316. The lowest BCUT2D eigenvalue weighted by Gasteiger charge is -2.10. The first-order valence-corrected chi connectivity index (χ1v) is 6.31. The molecular weight excluding hydrogens is 240 g/mol. The van der Waals surface area contributed by atoms with Crippen LogP contribution >= 0.6 is 0 Å². The number of aromatic nitrogens is 1. The Bertz CT molecular complexity index is 573. The molecule has 19 heavy (non-hydrogen) atoms. The van der Waals surface area contributed by atoms with E-state index < -0.39 is 0 Å². The minimum Gasteiger partial charge on any atom is -0.461 e. The molecule has 1 heterocycles. The van der Waals surface area contributed by atoms with Crippen molar-refractivity contribution in [3.8, 4) is 11.1 Å². The second-order valence-corrected chi connectivity index (χ2v) is 4.22. The minimum atomic E-state index is -0.316. The van der Waals surface area contributed by atoms with Crippen LogP contribution < -0.4 is 5.43 Å². The highest BCUT2D eigenvalue weighted by atomic mass is 16.5. The number of hydrogen-bond donors (Lipinski definition) is 1. The lowest BCUT2D eigenvalue weighted by molar-refractivity contribution is 0.0516. The van der Waals surface area contributed by atoms with E-state index in [9.17, 15) is 4.79 Å². The van der Waals surface area contributed by atoms with Crippen LogP contribution in [0.2, 0.25) is 0 Å². The van der Waals surface area contributed by atoms with Gasteiger partial charge in [-0.25, -0.2) is 4.79 Å². The second-order valence-electron chi connectivity index (χ2n) is 4.22. The van der Waals surface area contributed by atoms with Gasteiger partial charge in [-0.15, -0.1) is 0 Å². The fourth-order valence-electron chi connectivity index (χ4n) is 2.18. The number of aryl methyl sites for hydroxylation is 1. The number of benzene rings is 1. The number of rotatable bonds is 4. The van der Waals surface area contributed by atoms with Gasteiger partial charge in [0.15, 0.2) is 5.69 Å². The zero-order chi connectivity index (χ0) is 13.8. The Kier molecular flexibility index (Phi) is 3.90. The fourth-order valence-corrected chi connectivity index (χ4v) is 2.18. The predicted molar refractivity (Wildman–Crippen MR) is 75.8 cm³/mol. The van der Waals surface area contributed by atoms with Crippen LogP contribution in [0.4, 0.5) is 0 Å². The quantitative estimate of drug-likeness (QED) is 0.858. The van der Waals surface area contributed by atoms with Crippen LogP contribution in [0.25, 0.3) is 11.1 Å². The molecule has 0 aliphatic heterocycles. The zero-order valence-electron chi connectivity index (χ0n) is 11.4. The summed E-state index contributed by atoms with van der Waals surface area (Å²) >= 11 is 0. The number of carbonyl (C=O) groups is 1. The van der Waals surface area contributed by atoms with Gasteiger partial charge in [0.25, 0.3) is 0 Å². The monoisotopic (exact) mass is 258 g/mol. The molecule has 2 aromatic rings. The first-order valence-electron chi connectivity index (χ1n) is 6.31. The lowest BCUT2D eigenvalue weighted by atomic mass is 10.0. The zero-order valence-corrected chi connectivity index (χ0v) is 11.4. The summed E-state index contributed by atoms with van der Waals surface area (Å²) < 4.78 is 6.85. The van der Waals surface area contributed by atoms with Crippen molar-refractivity contribution in [1.82, 2.24) is 4.68 Å². The first kappa shape index (κ1) is 13.2. The molecule has 1 aromatic carbocycles. The molecular formula is C15H18N2O2. The van der Waals surface area contributed by atoms with E-state index in [1.165, 1.54) is 0 Å². The molecule has 0 atom stereocenters. The average Bonchev–Trinajstić information content (AvgIpc) is 2.77. The molecule has 0 spiro atoms. The Morgan fingerprint density at radius 1 is 1.32 bits per heavy atom. The molecule has 4 heteroatoms. The SMILES string of the molecule is CCOC(=O)c1c(-c2ccccc2)c(C)cn1NC. The number of ether oxygens (including phenoxy) is 1. The van der Waals surface area contributed by atoms with Gasteiger partial charge < -0.3 is 10.2 Å². The summed E-state index contributed by atoms with van der Waals surface area (Å²) in [4.78, 5) is 12.1. The van der Waals surface area contributed by atoms with Crippen LogP contribution in [0, 0.1) is 6.92 Å². The van der Waals surface area contributed by atoms with Gasteiger partial charge in [-0.05, 0) is 25.0 Å². The van der Waals surface area contributed by atoms with Crippen molar-refractivity contribution in [3.63, 3.8) is 0 Å². The summed E-state index contributed by atoms with van der Waals surface area (Å²) in [6, 6.07) is 9.86. The number of carbonyl (C=O) groups excluding carboxylic acids is 1. The van der Waals surface area contributed by atoms with Gasteiger partial charge in [-0.3, -0.25) is 4.68 Å². The molecule has 1 N–H and O–H groups in total. The highest BCUT2D eigenvalue weighted by Crippen LogP contribution is 2.29. The number of hydrogen-bond acceptors (Lipinski definition) is 3. The maximum atomic E-state index is 12.1. The van der Waals surface area contributed by atoms with E-state index in [4.69, 9.17) is 4.74 Å². The third kappa shape index (κ3) is 2.47. The molecule has 0 fully saturated rings. The van der Waals surface area contributed by atoms with Gasteiger partial charge in [0, 0.05) is 18.8 Å². The minimum absolute atomic E-state index is 0.316. The van der Waals surface area contributed by atoms with E-state index in [0.29, 0.717) is 12.3 Å². The molecule has 0 aliphatic rings. The van der Waals surface area contributed by atoms with Crippen molar-refractivity contribution in [2.45, 2.75) is 13.8 Å². The van der Waals surface area contributed by atoms with E-state index in [2.05, 4.69) is 5.43 Å². The Balaban J connectivity index is 2.59. The number of nitrogens with one attached hydrogen (secondary N) is 1. The number of esters is 1. The van der Waals surface area contributed by atoms with Crippen LogP contribution in [-0.2, 0) is 4.74 Å². The van der Waals surface area contributed by atoms with Gasteiger partial charge in [0.05, 0.1) is 6.61 Å². The van der Waals surface area contributed by atoms with Crippen LogP contribution in [0.1, 0.15) is 23.0 Å².